The summed E-state index contributed by atoms with van der Waals surface area (Å²) in [6.07, 6.45) is 0. The number of nitrogen functional groups attached to an aromatic ring is 1. The molecule has 0 radical (unpaired) electrons. The van der Waals surface area contributed by atoms with Gasteiger partial charge in [-0.25, -0.2) is 0 Å². The summed E-state index contributed by atoms with van der Waals surface area (Å²) in [5, 5.41) is 0. The Morgan fingerprint density at radius 3 is 2.73 bits per heavy atom. The molecule has 0 unspecified atom stereocenters. The first-order chi connectivity index (χ1) is 6.96. The molecule has 0 atom stereocenters. The third-order valence-corrected chi connectivity index (χ3v) is 2.39. The van der Waals surface area contributed by atoms with Crippen molar-refractivity contribution in [2.75, 3.05) is 5.73 Å². The number of hydrogen-bond donors (Lipinski definition) is 1. The Hall–Kier alpha value is -1.37. The van der Waals surface area contributed by atoms with Gasteiger partial charge < -0.3 is 10.2 Å². The van der Waals surface area contributed by atoms with Crippen molar-refractivity contribution in [3.63, 3.8) is 0 Å². The van der Waals surface area contributed by atoms with E-state index in [9.17, 15) is 13.2 Å². The maximum Gasteiger partial charge on any atom is 0.446 e. The van der Waals surface area contributed by atoms with Crippen LogP contribution in [-0.2, 0) is 0 Å². The fourth-order valence-electron chi connectivity index (χ4n) is 1.15. The Morgan fingerprint density at radius 2 is 2.07 bits per heavy atom. The normalized spacial score (nSPS) is 12.2. The zero-order chi connectivity index (χ0) is 11.1. The van der Waals surface area contributed by atoms with E-state index >= 15 is 0 Å². The highest BCUT2D eigenvalue weighted by atomic mass is 32.2. The molecule has 0 fully saturated rings. The zero-order valence-corrected chi connectivity index (χ0v) is 8.02. The van der Waals surface area contributed by atoms with Crippen LogP contribution in [0.5, 0.6) is 0 Å². The first-order valence-electron chi connectivity index (χ1n) is 3.86. The van der Waals surface area contributed by atoms with Gasteiger partial charge in [-0.2, -0.15) is 18.2 Å². The summed E-state index contributed by atoms with van der Waals surface area (Å²) in [6, 6.07) is 4.18. The van der Waals surface area contributed by atoms with Crippen LogP contribution in [0.1, 0.15) is 0 Å². The van der Waals surface area contributed by atoms with Crippen LogP contribution in [0, 0.1) is 0 Å². The van der Waals surface area contributed by atoms with E-state index in [0.29, 0.717) is 5.52 Å². The molecule has 0 amide bonds. The fraction of sp³-hybridized carbons (Fsp3) is 0.125. The molecule has 0 saturated carbocycles. The molecule has 0 aliphatic carbocycles. The summed E-state index contributed by atoms with van der Waals surface area (Å²) in [6.45, 7) is 0. The van der Waals surface area contributed by atoms with Gasteiger partial charge in [0.25, 0.3) is 6.01 Å². The molecule has 0 spiro atoms. The van der Waals surface area contributed by atoms with Crippen molar-refractivity contribution in [1.29, 1.82) is 0 Å². The number of rotatable bonds is 1. The van der Waals surface area contributed by atoms with Crippen molar-refractivity contribution in [2.24, 2.45) is 0 Å². The van der Waals surface area contributed by atoms with E-state index < -0.39 is 5.51 Å². The number of benzene rings is 1. The van der Waals surface area contributed by atoms with Crippen LogP contribution in [0.3, 0.4) is 0 Å². The molecule has 2 N–H and O–H groups in total. The standard InChI is InChI=1S/C8H5F3N2OS/c9-8(10,11)15-5-3-1-2-4-6(5)14-7(12)13-4/h1-3H,(H2,12,13). The molecule has 0 bridgehead atoms. The maximum absolute atomic E-state index is 12.1. The number of aromatic nitrogens is 1. The summed E-state index contributed by atoms with van der Waals surface area (Å²) < 4.78 is 41.3. The van der Waals surface area contributed by atoms with E-state index in [-0.39, 0.29) is 28.3 Å². The quantitative estimate of drug-likeness (QED) is 0.770. The van der Waals surface area contributed by atoms with E-state index in [1.807, 2.05) is 0 Å². The molecule has 2 aromatic rings. The Morgan fingerprint density at radius 1 is 1.33 bits per heavy atom. The number of halogens is 3. The van der Waals surface area contributed by atoms with Gasteiger partial charge in [-0.1, -0.05) is 6.07 Å². The lowest BCUT2D eigenvalue weighted by Gasteiger charge is -2.04. The van der Waals surface area contributed by atoms with Crippen molar-refractivity contribution in [1.82, 2.24) is 4.98 Å². The third kappa shape index (κ3) is 2.17. The van der Waals surface area contributed by atoms with E-state index in [1.54, 1.807) is 0 Å². The molecule has 0 aliphatic rings. The highest BCUT2D eigenvalue weighted by Crippen LogP contribution is 2.40. The van der Waals surface area contributed by atoms with Crippen molar-refractivity contribution >= 4 is 28.9 Å². The summed E-state index contributed by atoms with van der Waals surface area (Å²) in [7, 11) is 0. The van der Waals surface area contributed by atoms with E-state index in [0.717, 1.165) is 0 Å². The van der Waals surface area contributed by atoms with Crippen LogP contribution in [0.15, 0.2) is 27.5 Å². The molecule has 1 aromatic heterocycles. The number of para-hydroxylation sites is 1. The lowest BCUT2D eigenvalue weighted by atomic mass is 10.3. The number of thioether (sulfide) groups is 1. The van der Waals surface area contributed by atoms with E-state index in [4.69, 9.17) is 10.2 Å². The van der Waals surface area contributed by atoms with Crippen molar-refractivity contribution < 1.29 is 17.6 Å². The lowest BCUT2D eigenvalue weighted by Crippen LogP contribution is -1.98. The van der Waals surface area contributed by atoms with Gasteiger partial charge in [0.15, 0.2) is 5.58 Å². The summed E-state index contributed by atoms with van der Waals surface area (Å²) in [4.78, 5) is 3.70. The summed E-state index contributed by atoms with van der Waals surface area (Å²) in [5.74, 6) is 0. The van der Waals surface area contributed by atoms with Crippen molar-refractivity contribution in [3.8, 4) is 0 Å². The molecular formula is C8H5F3N2OS. The third-order valence-electron chi connectivity index (χ3n) is 1.62. The Balaban J connectivity index is 2.51. The van der Waals surface area contributed by atoms with Crippen LogP contribution in [-0.4, -0.2) is 10.5 Å². The first-order valence-corrected chi connectivity index (χ1v) is 4.68. The monoisotopic (exact) mass is 234 g/mol. The highest BCUT2D eigenvalue weighted by molar-refractivity contribution is 8.00. The molecule has 1 aromatic carbocycles. The topological polar surface area (TPSA) is 52.0 Å². The van der Waals surface area contributed by atoms with E-state index in [2.05, 4.69) is 4.98 Å². The van der Waals surface area contributed by atoms with E-state index in [1.165, 1.54) is 18.2 Å². The average Bonchev–Trinajstić information content (AvgIpc) is 2.43. The minimum atomic E-state index is -4.35. The van der Waals surface area contributed by atoms with Crippen LogP contribution in [0.2, 0.25) is 0 Å². The van der Waals surface area contributed by atoms with Crippen LogP contribution < -0.4 is 5.73 Å². The number of anilines is 1. The minimum absolute atomic E-state index is 0.0378. The second-order valence-electron chi connectivity index (χ2n) is 2.70. The number of hydrogen-bond acceptors (Lipinski definition) is 4. The van der Waals surface area contributed by atoms with Gasteiger partial charge >= 0.3 is 5.51 Å². The second kappa shape index (κ2) is 3.34. The Bertz CT molecular complexity index is 494. The molecule has 0 saturated heterocycles. The predicted molar refractivity (Wildman–Crippen MR) is 50.3 cm³/mol. The molecule has 15 heavy (non-hydrogen) atoms. The second-order valence-corrected chi connectivity index (χ2v) is 3.81. The van der Waals surface area contributed by atoms with Crippen molar-refractivity contribution in [2.45, 2.75) is 10.4 Å². The average molecular weight is 234 g/mol. The van der Waals surface area contributed by atoms with Gasteiger partial charge in [0, 0.05) is 0 Å². The SMILES string of the molecule is Nc1nc2cccc(SC(F)(F)F)c2o1. The van der Waals surface area contributed by atoms with Gasteiger partial charge in [0.05, 0.1) is 4.90 Å². The molecule has 0 aliphatic heterocycles. The van der Waals surface area contributed by atoms with Gasteiger partial charge in [-0.3, -0.25) is 0 Å². The molecule has 2 rings (SSSR count). The fourth-order valence-corrected chi connectivity index (χ4v) is 1.78. The molecule has 3 nitrogen and oxygen atoms in total. The molecule has 1 heterocycles. The van der Waals surface area contributed by atoms with Crippen LogP contribution >= 0.6 is 11.8 Å². The van der Waals surface area contributed by atoms with Gasteiger partial charge in [-0.15, -0.1) is 0 Å². The number of oxazole rings is 1. The summed E-state index contributed by atoms with van der Waals surface area (Å²) in [5.41, 5.74) is 1.29. The maximum atomic E-state index is 12.1. The van der Waals surface area contributed by atoms with Crippen molar-refractivity contribution in [3.05, 3.63) is 18.2 Å². The molecular weight excluding hydrogens is 229 g/mol. The Kier molecular flexibility index (Phi) is 2.26. The number of fused-ring (bicyclic) bond motifs is 1. The first kappa shape index (κ1) is 10.2. The minimum Gasteiger partial charge on any atom is -0.422 e. The van der Waals surface area contributed by atoms with Gasteiger partial charge in [0.2, 0.25) is 0 Å². The number of alkyl halides is 3. The lowest BCUT2D eigenvalue weighted by molar-refractivity contribution is -0.0328. The number of nitrogens with two attached hydrogens (primary N) is 1. The predicted octanol–water partition coefficient (Wildman–Crippen LogP) is 3.02. The van der Waals surface area contributed by atoms with Crippen LogP contribution in [0.4, 0.5) is 19.2 Å². The van der Waals surface area contributed by atoms with Gasteiger partial charge in [-0.05, 0) is 23.9 Å². The largest absolute Gasteiger partial charge is 0.446 e. The smallest absolute Gasteiger partial charge is 0.422 e. The highest BCUT2D eigenvalue weighted by Gasteiger charge is 2.30. The number of nitrogens with zero attached hydrogens (tertiary/aromatic N) is 1. The zero-order valence-electron chi connectivity index (χ0n) is 7.21. The summed E-state index contributed by atoms with van der Waals surface area (Å²) >= 11 is -0.246. The molecule has 7 heteroatoms. The van der Waals surface area contributed by atoms with Crippen LogP contribution in [0.25, 0.3) is 11.1 Å². The Labute approximate surface area is 86.5 Å². The molecule has 80 valence electrons. The van der Waals surface area contributed by atoms with Gasteiger partial charge in [0.1, 0.15) is 5.52 Å².